The molecule has 0 unspecified atom stereocenters. The summed E-state index contributed by atoms with van der Waals surface area (Å²) in [6.07, 6.45) is 1.89. The Morgan fingerprint density at radius 2 is 2.23 bits per heavy atom. The van der Waals surface area contributed by atoms with E-state index in [0.717, 1.165) is 4.90 Å². The average molecular weight is 281 g/mol. The lowest BCUT2D eigenvalue weighted by Gasteiger charge is -2.04. The predicted octanol–water partition coefficient (Wildman–Crippen LogP) is 2.92. The van der Waals surface area contributed by atoms with Crippen molar-refractivity contribution in [1.82, 2.24) is 0 Å². The minimum atomic E-state index is -0.459. The summed E-state index contributed by atoms with van der Waals surface area (Å²) in [5, 5.41) is 0.615. The molecule has 1 aromatic rings. The van der Waals surface area contributed by atoms with Gasteiger partial charge in [-0.1, -0.05) is 11.6 Å². The molecule has 0 aliphatic heterocycles. The minimum Gasteiger partial charge on any atom is -0.366 e. The highest BCUT2D eigenvalue weighted by Gasteiger charge is 2.10. The van der Waals surface area contributed by atoms with Crippen LogP contribution in [0.3, 0.4) is 0 Å². The average Bonchev–Trinajstić information content (AvgIpc) is 2.03. The fourth-order valence-electron chi connectivity index (χ4n) is 0.874. The molecule has 2 nitrogen and oxygen atoms in total. The van der Waals surface area contributed by atoms with Gasteiger partial charge in [0, 0.05) is 9.37 Å². The number of nitrogens with two attached hydrogens (primary N) is 1. The molecule has 0 spiro atoms. The van der Waals surface area contributed by atoms with E-state index in [1.54, 1.807) is 12.1 Å². The molecule has 0 aliphatic carbocycles. The highest BCUT2D eigenvalue weighted by atomic mass is 79.9. The zero-order valence-electron chi connectivity index (χ0n) is 6.80. The first kappa shape index (κ1) is 10.9. The number of hydrogen-bond donors (Lipinski definition) is 1. The Morgan fingerprint density at radius 3 is 2.69 bits per heavy atom. The van der Waals surface area contributed by atoms with E-state index in [-0.39, 0.29) is 0 Å². The summed E-state index contributed by atoms with van der Waals surface area (Å²) < 4.78 is 0.628. The van der Waals surface area contributed by atoms with Crippen LogP contribution in [0.25, 0.3) is 0 Å². The third-order valence-corrected chi connectivity index (χ3v) is 3.37. The number of halogens is 2. The van der Waals surface area contributed by atoms with E-state index in [9.17, 15) is 4.79 Å². The topological polar surface area (TPSA) is 43.1 Å². The first-order valence-electron chi connectivity index (χ1n) is 3.39. The van der Waals surface area contributed by atoms with E-state index in [0.29, 0.717) is 15.1 Å². The quantitative estimate of drug-likeness (QED) is 0.847. The van der Waals surface area contributed by atoms with Crippen LogP contribution in [0.15, 0.2) is 21.5 Å². The van der Waals surface area contributed by atoms with E-state index < -0.39 is 5.91 Å². The molecule has 0 saturated carbocycles. The van der Waals surface area contributed by atoms with Crippen molar-refractivity contribution in [3.63, 3.8) is 0 Å². The monoisotopic (exact) mass is 279 g/mol. The van der Waals surface area contributed by atoms with E-state index in [2.05, 4.69) is 15.9 Å². The number of carbonyl (C=O) groups excluding carboxylic acids is 1. The number of benzene rings is 1. The Bertz CT molecular complexity index is 356. The maximum atomic E-state index is 10.9. The summed E-state index contributed by atoms with van der Waals surface area (Å²) in [5.41, 5.74) is 5.62. The molecule has 0 aromatic heterocycles. The van der Waals surface area contributed by atoms with Gasteiger partial charge in [-0.3, -0.25) is 4.79 Å². The van der Waals surface area contributed by atoms with Crippen molar-refractivity contribution in [3.05, 3.63) is 27.2 Å². The third kappa shape index (κ3) is 2.39. The lowest BCUT2D eigenvalue weighted by molar-refractivity contribution is 0.0999. The summed E-state index contributed by atoms with van der Waals surface area (Å²) in [6, 6.07) is 3.35. The van der Waals surface area contributed by atoms with Crippen LogP contribution in [0.2, 0.25) is 5.02 Å². The second-order valence-corrected chi connectivity index (χ2v) is 4.44. The summed E-state index contributed by atoms with van der Waals surface area (Å²) in [7, 11) is 0. The molecular formula is C8H7BrClNOS. The van der Waals surface area contributed by atoms with Gasteiger partial charge >= 0.3 is 0 Å². The molecule has 0 saturated heterocycles. The standard InChI is InChI=1S/C8H7BrClNOS/c1-13-7-2-4(8(11)12)5(9)3-6(7)10/h2-3H,1H3,(H2,11,12). The molecule has 70 valence electrons. The number of primary amides is 1. The summed E-state index contributed by atoms with van der Waals surface area (Å²) in [6.45, 7) is 0. The van der Waals surface area contributed by atoms with Crippen LogP contribution in [0, 0.1) is 0 Å². The molecule has 0 radical (unpaired) electrons. The van der Waals surface area contributed by atoms with Gasteiger partial charge in [0.25, 0.3) is 0 Å². The van der Waals surface area contributed by atoms with Crippen molar-refractivity contribution >= 4 is 45.2 Å². The first-order valence-corrected chi connectivity index (χ1v) is 5.78. The molecule has 1 amide bonds. The van der Waals surface area contributed by atoms with Gasteiger partial charge in [-0.15, -0.1) is 11.8 Å². The van der Waals surface area contributed by atoms with Gasteiger partial charge in [0.1, 0.15) is 0 Å². The van der Waals surface area contributed by atoms with Gasteiger partial charge in [-0.25, -0.2) is 0 Å². The number of carbonyl (C=O) groups is 1. The molecule has 5 heteroatoms. The van der Waals surface area contributed by atoms with Crippen LogP contribution in [0.5, 0.6) is 0 Å². The Morgan fingerprint density at radius 1 is 1.62 bits per heavy atom. The Hall–Kier alpha value is -0.190. The Kier molecular flexibility index (Phi) is 3.64. The van der Waals surface area contributed by atoms with Crippen molar-refractivity contribution < 1.29 is 4.79 Å². The second kappa shape index (κ2) is 4.35. The van der Waals surface area contributed by atoms with Crippen LogP contribution in [0.1, 0.15) is 10.4 Å². The molecule has 0 atom stereocenters. The zero-order chi connectivity index (χ0) is 10.0. The number of amides is 1. The van der Waals surface area contributed by atoms with Crippen LogP contribution < -0.4 is 5.73 Å². The van der Waals surface area contributed by atoms with Gasteiger partial charge in [0.05, 0.1) is 10.6 Å². The smallest absolute Gasteiger partial charge is 0.249 e. The van der Waals surface area contributed by atoms with Crippen LogP contribution in [-0.2, 0) is 0 Å². The highest BCUT2D eigenvalue weighted by molar-refractivity contribution is 9.10. The van der Waals surface area contributed by atoms with E-state index in [1.807, 2.05) is 6.26 Å². The largest absolute Gasteiger partial charge is 0.366 e. The SMILES string of the molecule is CSc1cc(C(N)=O)c(Br)cc1Cl. The maximum absolute atomic E-state index is 10.9. The van der Waals surface area contributed by atoms with Crippen molar-refractivity contribution in [3.8, 4) is 0 Å². The van der Waals surface area contributed by atoms with Crippen LogP contribution >= 0.6 is 39.3 Å². The molecule has 2 N–H and O–H groups in total. The van der Waals surface area contributed by atoms with Gasteiger partial charge in [-0.05, 0) is 34.3 Å². The first-order chi connectivity index (χ1) is 6.06. The molecule has 0 heterocycles. The second-order valence-electron chi connectivity index (χ2n) is 2.33. The zero-order valence-corrected chi connectivity index (χ0v) is 9.96. The Balaban J connectivity index is 3.30. The fraction of sp³-hybridized carbons (Fsp3) is 0.125. The lowest BCUT2D eigenvalue weighted by Crippen LogP contribution is -2.11. The lowest BCUT2D eigenvalue weighted by atomic mass is 10.2. The maximum Gasteiger partial charge on any atom is 0.249 e. The number of rotatable bonds is 2. The van der Waals surface area contributed by atoms with E-state index in [4.69, 9.17) is 17.3 Å². The summed E-state index contributed by atoms with van der Waals surface area (Å²) in [4.78, 5) is 11.8. The molecule has 13 heavy (non-hydrogen) atoms. The molecule has 1 rings (SSSR count). The Labute approximate surface area is 94.0 Å². The van der Waals surface area contributed by atoms with E-state index in [1.165, 1.54) is 11.8 Å². The normalized spacial score (nSPS) is 10.1. The summed E-state index contributed by atoms with van der Waals surface area (Å²) in [5.74, 6) is -0.459. The third-order valence-electron chi connectivity index (χ3n) is 1.51. The van der Waals surface area contributed by atoms with Crippen molar-refractivity contribution in [2.75, 3.05) is 6.26 Å². The van der Waals surface area contributed by atoms with Crippen LogP contribution in [-0.4, -0.2) is 12.2 Å². The minimum absolute atomic E-state index is 0.453. The van der Waals surface area contributed by atoms with E-state index >= 15 is 0 Å². The van der Waals surface area contributed by atoms with Crippen molar-refractivity contribution in [1.29, 1.82) is 0 Å². The summed E-state index contributed by atoms with van der Waals surface area (Å²) >= 11 is 10.6. The van der Waals surface area contributed by atoms with Gasteiger partial charge in [-0.2, -0.15) is 0 Å². The molecule has 0 bridgehead atoms. The van der Waals surface area contributed by atoms with Crippen molar-refractivity contribution in [2.24, 2.45) is 5.73 Å². The fourth-order valence-corrected chi connectivity index (χ4v) is 2.43. The van der Waals surface area contributed by atoms with Crippen LogP contribution in [0.4, 0.5) is 0 Å². The number of hydrogen-bond acceptors (Lipinski definition) is 2. The molecule has 0 aliphatic rings. The number of thioether (sulfide) groups is 1. The predicted molar refractivity (Wildman–Crippen MR) is 59.5 cm³/mol. The van der Waals surface area contributed by atoms with Gasteiger partial charge in [0.15, 0.2) is 0 Å². The van der Waals surface area contributed by atoms with Gasteiger partial charge < -0.3 is 5.73 Å². The molecule has 1 aromatic carbocycles. The van der Waals surface area contributed by atoms with Crippen molar-refractivity contribution in [2.45, 2.75) is 4.90 Å². The highest BCUT2D eigenvalue weighted by Crippen LogP contribution is 2.30. The molecule has 0 fully saturated rings. The van der Waals surface area contributed by atoms with Gasteiger partial charge in [0.2, 0.25) is 5.91 Å². The molecular weight excluding hydrogens is 274 g/mol.